The van der Waals surface area contributed by atoms with Gasteiger partial charge < -0.3 is 0 Å². The van der Waals surface area contributed by atoms with Gasteiger partial charge in [0.1, 0.15) is 5.41 Å². The van der Waals surface area contributed by atoms with Crippen LogP contribution in [-0.2, 0) is 0 Å². The largest absolute Gasteiger partial charge is 0.284 e. The van der Waals surface area contributed by atoms with Crippen LogP contribution in [0.25, 0.3) is 0 Å². The Bertz CT molecular complexity index is 723. The van der Waals surface area contributed by atoms with Gasteiger partial charge in [0.25, 0.3) is 0 Å². The normalized spacial score (nSPS) is 32.0. The maximum atomic E-state index is 4.96. The van der Waals surface area contributed by atoms with E-state index in [1.54, 1.807) is 0 Å². The van der Waals surface area contributed by atoms with E-state index in [9.17, 15) is 0 Å². The lowest BCUT2D eigenvalue weighted by molar-refractivity contribution is -0.534. The van der Waals surface area contributed by atoms with Crippen molar-refractivity contribution in [2.24, 2.45) is 10.4 Å². The van der Waals surface area contributed by atoms with E-state index in [-0.39, 0.29) is 16.5 Å². The van der Waals surface area contributed by atoms with Crippen LogP contribution in [0.3, 0.4) is 0 Å². The standard InChI is InChI=1S/C21H30N2/c1-13-9-14(2)21(12-20(7,8)23-16(21)4)18-10-15(3)22-19(5,6)11-17(13)18/h9-10H,11-12H2,1-8H3/p+1/t21-/m1/s1. The third-order valence-corrected chi connectivity index (χ3v) is 5.68. The molecular weight excluding hydrogens is 280 g/mol. The number of hydrogen-bond donors (Lipinski definition) is 1. The summed E-state index contributed by atoms with van der Waals surface area (Å²) in [4.78, 5) is 8.72. The van der Waals surface area contributed by atoms with Crippen molar-refractivity contribution in [3.8, 4) is 0 Å². The van der Waals surface area contributed by atoms with Gasteiger partial charge in [0.15, 0.2) is 11.3 Å². The molecule has 2 nitrogen and oxygen atoms in total. The number of allylic oxidation sites excluding steroid dienone is 5. The van der Waals surface area contributed by atoms with E-state index in [2.05, 4.69) is 72.5 Å². The monoisotopic (exact) mass is 311 g/mol. The molecule has 2 heteroatoms. The Morgan fingerprint density at radius 1 is 1.00 bits per heavy atom. The molecule has 0 unspecified atom stereocenters. The molecule has 0 aromatic rings. The zero-order valence-electron chi connectivity index (χ0n) is 16.0. The summed E-state index contributed by atoms with van der Waals surface area (Å²) in [5.74, 6) is 0. The van der Waals surface area contributed by atoms with Crippen LogP contribution in [0, 0.1) is 5.41 Å². The molecule has 1 atom stereocenters. The molecule has 1 spiro atoms. The van der Waals surface area contributed by atoms with Crippen molar-refractivity contribution in [1.29, 1.82) is 0 Å². The van der Waals surface area contributed by atoms with Crippen LogP contribution in [-0.4, -0.2) is 22.5 Å². The molecule has 3 rings (SSSR count). The Labute approximate surface area is 141 Å². The molecule has 1 N–H and O–H groups in total. The highest BCUT2D eigenvalue weighted by molar-refractivity contribution is 6.00. The molecule has 3 aliphatic rings. The number of fused-ring (bicyclic) bond motifs is 2. The summed E-state index contributed by atoms with van der Waals surface area (Å²) < 4.78 is 0. The topological polar surface area (TPSA) is 26.3 Å². The van der Waals surface area contributed by atoms with Crippen LogP contribution >= 0.6 is 0 Å². The molecule has 0 saturated heterocycles. The van der Waals surface area contributed by atoms with Crippen LogP contribution in [0.4, 0.5) is 0 Å². The van der Waals surface area contributed by atoms with Gasteiger partial charge in [-0.05, 0) is 77.7 Å². The van der Waals surface area contributed by atoms with Crippen molar-refractivity contribution >= 4 is 11.4 Å². The Kier molecular flexibility index (Phi) is 3.41. The predicted octanol–water partition coefficient (Wildman–Crippen LogP) is 3.54. The fourth-order valence-corrected chi connectivity index (χ4v) is 5.04. The van der Waals surface area contributed by atoms with Crippen molar-refractivity contribution in [3.63, 3.8) is 0 Å². The van der Waals surface area contributed by atoms with Crippen LogP contribution in [0.2, 0.25) is 0 Å². The first kappa shape index (κ1) is 16.4. The molecule has 0 saturated carbocycles. The summed E-state index contributed by atoms with van der Waals surface area (Å²) in [5, 5.41) is 0. The molecule has 0 amide bonds. The number of hydrogen-bond acceptors (Lipinski definition) is 1. The van der Waals surface area contributed by atoms with Gasteiger partial charge in [-0.1, -0.05) is 11.6 Å². The van der Waals surface area contributed by atoms with Crippen molar-refractivity contribution in [2.45, 2.75) is 79.3 Å². The number of aliphatic imine (C=N–C) groups is 1. The van der Waals surface area contributed by atoms with Crippen molar-refractivity contribution in [2.75, 3.05) is 0 Å². The highest BCUT2D eigenvalue weighted by Gasteiger charge is 2.55. The van der Waals surface area contributed by atoms with Crippen LogP contribution < -0.4 is 4.99 Å². The van der Waals surface area contributed by atoms with Crippen molar-refractivity contribution in [1.82, 2.24) is 0 Å². The lowest BCUT2D eigenvalue weighted by atomic mass is 9.61. The average Bonchev–Trinajstić information content (AvgIpc) is 2.52. The third-order valence-electron chi connectivity index (χ3n) is 5.68. The summed E-state index contributed by atoms with van der Waals surface area (Å²) in [5.41, 5.74) is 8.52. The van der Waals surface area contributed by atoms with Gasteiger partial charge in [-0.15, -0.1) is 0 Å². The number of nitrogens with zero attached hydrogens (tertiary/aromatic N) is 1. The zero-order valence-corrected chi connectivity index (χ0v) is 16.0. The van der Waals surface area contributed by atoms with Gasteiger partial charge in [-0.2, -0.15) is 0 Å². The second-order valence-corrected chi connectivity index (χ2v) is 9.01. The first-order chi connectivity index (χ1) is 10.5. The predicted molar refractivity (Wildman–Crippen MR) is 99.1 cm³/mol. The maximum Gasteiger partial charge on any atom is 0.163 e. The fourth-order valence-electron chi connectivity index (χ4n) is 5.04. The van der Waals surface area contributed by atoms with E-state index in [0.717, 1.165) is 18.6 Å². The Hall–Kier alpha value is -1.44. The van der Waals surface area contributed by atoms with Gasteiger partial charge in [0, 0.05) is 19.1 Å². The van der Waals surface area contributed by atoms with Crippen molar-refractivity contribution < 1.29 is 4.99 Å². The first-order valence-corrected chi connectivity index (χ1v) is 8.77. The SMILES string of the molecule is CC1=CC(C)=C2CC(C)(C)N=C(C)C=C2[C@]12CC(C)(C)[NH+]=C2C. The van der Waals surface area contributed by atoms with Gasteiger partial charge in [-0.25, -0.2) is 4.99 Å². The highest BCUT2D eigenvalue weighted by atomic mass is 14.9. The van der Waals surface area contributed by atoms with E-state index < -0.39 is 0 Å². The van der Waals surface area contributed by atoms with E-state index in [0.29, 0.717) is 0 Å². The molecule has 0 fully saturated rings. The number of rotatable bonds is 0. The molecule has 0 aromatic heterocycles. The lowest BCUT2D eigenvalue weighted by Gasteiger charge is -2.38. The van der Waals surface area contributed by atoms with E-state index in [4.69, 9.17) is 4.99 Å². The van der Waals surface area contributed by atoms with Gasteiger partial charge in [-0.3, -0.25) is 4.99 Å². The Morgan fingerprint density at radius 2 is 1.65 bits per heavy atom. The first-order valence-electron chi connectivity index (χ1n) is 8.77. The second-order valence-electron chi connectivity index (χ2n) is 9.01. The van der Waals surface area contributed by atoms with E-state index in [1.807, 2.05) is 0 Å². The van der Waals surface area contributed by atoms with Gasteiger partial charge >= 0.3 is 0 Å². The molecule has 0 bridgehead atoms. The summed E-state index contributed by atoms with van der Waals surface area (Å²) in [6.45, 7) is 18.1. The molecule has 0 aromatic carbocycles. The molecule has 2 heterocycles. The molecule has 124 valence electrons. The lowest BCUT2D eigenvalue weighted by Crippen LogP contribution is -2.81. The summed E-state index contributed by atoms with van der Waals surface area (Å²) >= 11 is 0. The van der Waals surface area contributed by atoms with Crippen LogP contribution in [0.5, 0.6) is 0 Å². The molecule has 23 heavy (non-hydrogen) atoms. The van der Waals surface area contributed by atoms with Crippen LogP contribution in [0.15, 0.2) is 39.4 Å². The minimum Gasteiger partial charge on any atom is -0.284 e. The fraction of sp³-hybridized carbons (Fsp3) is 0.619. The van der Waals surface area contributed by atoms with E-state index >= 15 is 0 Å². The third kappa shape index (κ3) is 2.47. The highest BCUT2D eigenvalue weighted by Crippen LogP contribution is 2.52. The number of nitrogens with one attached hydrogen (secondary N) is 1. The Balaban J connectivity index is 2.26. The molecule has 0 radical (unpaired) electrons. The summed E-state index contributed by atoms with van der Waals surface area (Å²) in [6.07, 6.45) is 6.90. The zero-order chi connectivity index (χ0) is 17.2. The van der Waals surface area contributed by atoms with Crippen molar-refractivity contribution in [3.05, 3.63) is 34.4 Å². The summed E-state index contributed by atoms with van der Waals surface area (Å²) in [6, 6.07) is 0. The molecule has 2 aliphatic heterocycles. The maximum absolute atomic E-state index is 4.96. The van der Waals surface area contributed by atoms with Crippen LogP contribution in [0.1, 0.15) is 68.2 Å². The second kappa shape index (κ2) is 4.78. The Morgan fingerprint density at radius 3 is 2.22 bits per heavy atom. The minimum absolute atomic E-state index is 0.0234. The van der Waals surface area contributed by atoms with Gasteiger partial charge in [0.05, 0.1) is 5.54 Å². The quantitative estimate of drug-likeness (QED) is 0.708. The summed E-state index contributed by atoms with van der Waals surface area (Å²) in [7, 11) is 0. The van der Waals surface area contributed by atoms with E-state index in [1.165, 1.54) is 28.0 Å². The minimum atomic E-state index is -0.0331. The molecular formula is C21H31N2+. The molecule has 1 aliphatic carbocycles. The van der Waals surface area contributed by atoms with Gasteiger partial charge in [0.2, 0.25) is 0 Å². The average molecular weight is 311 g/mol. The smallest absolute Gasteiger partial charge is 0.163 e.